The van der Waals surface area contributed by atoms with Gasteiger partial charge in [-0.3, -0.25) is 9.13 Å². The van der Waals surface area contributed by atoms with E-state index < -0.39 is 5.41 Å². The molecule has 0 amide bonds. The lowest BCUT2D eigenvalue weighted by atomic mass is 9.84. The Balaban J connectivity index is 1.20. The molecule has 6 heteroatoms. The summed E-state index contributed by atoms with van der Waals surface area (Å²) in [4.78, 5) is 20.7. The Morgan fingerprint density at radius 1 is 0.367 bits per heavy atom. The van der Waals surface area contributed by atoms with E-state index in [-0.39, 0.29) is 0 Å². The highest BCUT2D eigenvalue weighted by atomic mass is 15.1. The summed E-state index contributed by atoms with van der Waals surface area (Å²) in [5.41, 5.74) is 7.24. The normalized spacial score (nSPS) is 11.5. The van der Waals surface area contributed by atoms with Crippen LogP contribution in [0.4, 0.5) is 0 Å². The molecule has 0 bridgehead atoms. The molecule has 0 N–H and O–H groups in total. The summed E-state index contributed by atoms with van der Waals surface area (Å²) in [5, 5.41) is 0. The van der Waals surface area contributed by atoms with Crippen LogP contribution in [0, 0.1) is 0 Å². The molecule has 0 spiro atoms. The van der Waals surface area contributed by atoms with E-state index in [1.165, 1.54) is 0 Å². The van der Waals surface area contributed by atoms with Gasteiger partial charge in [0.2, 0.25) is 0 Å². The molecule has 236 valence electrons. The fourth-order valence-electron chi connectivity index (χ4n) is 6.13. The molecule has 0 atom stereocenters. The second kappa shape index (κ2) is 12.7. The van der Waals surface area contributed by atoms with Crippen LogP contribution in [0.2, 0.25) is 0 Å². The van der Waals surface area contributed by atoms with Crippen LogP contribution in [0.3, 0.4) is 0 Å². The Bertz CT molecular complexity index is 2170. The maximum Gasteiger partial charge on any atom is 0.146 e. The van der Waals surface area contributed by atoms with Crippen molar-refractivity contribution in [3.63, 3.8) is 0 Å². The number of benzene rings is 4. The van der Waals surface area contributed by atoms with E-state index in [4.69, 9.17) is 19.9 Å². The van der Waals surface area contributed by atoms with Gasteiger partial charge in [0.05, 0.1) is 22.8 Å². The first kappa shape index (κ1) is 30.0. The molecule has 0 aliphatic carbocycles. The lowest BCUT2D eigenvalue weighted by molar-refractivity contribution is 0.591. The SMILES string of the molecule is CC(C)(c1cccc(-n2cc(-c3ccccc3)nc2-c2ccccc2)n1)c1cccc(-n2cc(-c3ccccc3)nc2-c2ccccc2)n1. The van der Waals surface area contributed by atoms with Crippen LogP contribution >= 0.6 is 0 Å². The number of imidazole rings is 2. The van der Waals surface area contributed by atoms with Gasteiger partial charge in [-0.25, -0.2) is 19.9 Å². The first-order valence-corrected chi connectivity index (χ1v) is 16.4. The standard InChI is InChI=1S/C43H34N6/c1-43(2,37-25-15-27-39(46-37)48-29-35(31-17-7-3-8-18-31)44-41(48)33-21-11-5-12-22-33)38-26-16-28-40(47-38)49-30-36(32-19-9-4-10-20-32)45-42(49)34-23-13-6-14-24-34/h3-30H,1-2H3. The summed E-state index contributed by atoms with van der Waals surface area (Å²) in [6.45, 7) is 4.35. The second-order valence-corrected chi connectivity index (χ2v) is 12.5. The van der Waals surface area contributed by atoms with Gasteiger partial charge < -0.3 is 0 Å². The Hall–Kier alpha value is -6.40. The number of nitrogens with zero attached hydrogens (tertiary/aromatic N) is 6. The van der Waals surface area contributed by atoms with Crippen molar-refractivity contribution in [2.75, 3.05) is 0 Å². The van der Waals surface area contributed by atoms with Crippen LogP contribution in [0.25, 0.3) is 56.9 Å². The smallest absolute Gasteiger partial charge is 0.146 e. The van der Waals surface area contributed by atoms with Gasteiger partial charge >= 0.3 is 0 Å². The van der Waals surface area contributed by atoms with Crippen molar-refractivity contribution in [1.82, 2.24) is 29.1 Å². The number of pyridine rings is 2. The zero-order valence-electron chi connectivity index (χ0n) is 27.3. The first-order chi connectivity index (χ1) is 24.0. The fraction of sp³-hybridized carbons (Fsp3) is 0.0698. The van der Waals surface area contributed by atoms with E-state index in [1.54, 1.807) is 0 Å². The summed E-state index contributed by atoms with van der Waals surface area (Å²) in [6.07, 6.45) is 4.15. The summed E-state index contributed by atoms with van der Waals surface area (Å²) < 4.78 is 4.17. The lowest BCUT2D eigenvalue weighted by Gasteiger charge is -2.25. The van der Waals surface area contributed by atoms with Crippen LogP contribution in [0.1, 0.15) is 25.2 Å². The maximum atomic E-state index is 5.26. The topological polar surface area (TPSA) is 61.4 Å². The largest absolute Gasteiger partial charge is 0.283 e. The van der Waals surface area contributed by atoms with E-state index in [1.807, 2.05) is 84.9 Å². The van der Waals surface area contributed by atoms with Crippen LogP contribution in [-0.2, 0) is 5.41 Å². The molecule has 4 aromatic heterocycles. The van der Waals surface area contributed by atoms with Crippen LogP contribution in [0.15, 0.2) is 170 Å². The minimum Gasteiger partial charge on any atom is -0.283 e. The third kappa shape index (κ3) is 5.85. The van der Waals surface area contributed by atoms with Crippen molar-refractivity contribution in [2.24, 2.45) is 0 Å². The van der Waals surface area contributed by atoms with Crippen molar-refractivity contribution in [1.29, 1.82) is 0 Å². The molecule has 6 nitrogen and oxygen atoms in total. The van der Waals surface area contributed by atoms with Gasteiger partial charge in [0, 0.05) is 40.1 Å². The van der Waals surface area contributed by atoms with Crippen molar-refractivity contribution in [3.8, 4) is 56.9 Å². The Morgan fingerprint density at radius 3 is 1.08 bits per heavy atom. The first-order valence-electron chi connectivity index (χ1n) is 16.4. The Morgan fingerprint density at radius 2 is 0.714 bits per heavy atom. The van der Waals surface area contributed by atoms with Gasteiger partial charge in [0.1, 0.15) is 23.3 Å². The van der Waals surface area contributed by atoms with Gasteiger partial charge in [0.25, 0.3) is 0 Å². The molecule has 8 rings (SSSR count). The van der Waals surface area contributed by atoms with E-state index in [2.05, 4.69) is 108 Å². The van der Waals surface area contributed by atoms with Gasteiger partial charge in [-0.05, 0) is 38.1 Å². The third-order valence-corrected chi connectivity index (χ3v) is 8.86. The molecule has 0 saturated carbocycles. The molecule has 8 aromatic rings. The van der Waals surface area contributed by atoms with Crippen LogP contribution in [-0.4, -0.2) is 29.1 Å². The number of hydrogen-bond acceptors (Lipinski definition) is 4. The zero-order chi connectivity index (χ0) is 33.2. The number of rotatable bonds is 8. The number of hydrogen-bond donors (Lipinski definition) is 0. The van der Waals surface area contributed by atoms with Crippen molar-refractivity contribution in [2.45, 2.75) is 19.3 Å². The minimum atomic E-state index is -0.516. The molecular weight excluding hydrogens is 601 g/mol. The molecule has 49 heavy (non-hydrogen) atoms. The van der Waals surface area contributed by atoms with E-state index in [0.29, 0.717) is 0 Å². The number of aromatic nitrogens is 6. The highest BCUT2D eigenvalue weighted by Crippen LogP contribution is 2.33. The van der Waals surface area contributed by atoms with Gasteiger partial charge in [-0.2, -0.15) is 0 Å². The summed E-state index contributed by atoms with van der Waals surface area (Å²) >= 11 is 0. The Labute approximate surface area is 286 Å². The predicted molar refractivity (Wildman–Crippen MR) is 197 cm³/mol. The maximum absolute atomic E-state index is 5.26. The highest BCUT2D eigenvalue weighted by Gasteiger charge is 2.28. The molecular formula is C43H34N6. The Kier molecular flexibility index (Phi) is 7.74. The molecule has 0 unspecified atom stereocenters. The molecule has 0 radical (unpaired) electrons. The zero-order valence-corrected chi connectivity index (χ0v) is 27.3. The quantitative estimate of drug-likeness (QED) is 0.167. The fourth-order valence-corrected chi connectivity index (χ4v) is 6.13. The second-order valence-electron chi connectivity index (χ2n) is 12.5. The predicted octanol–water partition coefficient (Wildman–Crippen LogP) is 9.84. The summed E-state index contributed by atoms with van der Waals surface area (Å²) in [6, 6.07) is 53.4. The van der Waals surface area contributed by atoms with Crippen LogP contribution < -0.4 is 0 Å². The molecule has 4 aromatic carbocycles. The lowest BCUT2D eigenvalue weighted by Crippen LogP contribution is -2.23. The minimum absolute atomic E-state index is 0.516. The molecule has 0 aliphatic heterocycles. The average Bonchev–Trinajstić information content (AvgIpc) is 3.83. The van der Waals surface area contributed by atoms with Gasteiger partial charge in [-0.15, -0.1) is 0 Å². The van der Waals surface area contributed by atoms with E-state index >= 15 is 0 Å². The van der Waals surface area contributed by atoms with Gasteiger partial charge in [0.15, 0.2) is 0 Å². The van der Waals surface area contributed by atoms with Crippen LogP contribution in [0.5, 0.6) is 0 Å². The van der Waals surface area contributed by atoms with Gasteiger partial charge in [-0.1, -0.05) is 133 Å². The third-order valence-electron chi connectivity index (χ3n) is 8.86. The average molecular weight is 635 g/mol. The monoisotopic (exact) mass is 634 g/mol. The molecule has 0 saturated heterocycles. The highest BCUT2D eigenvalue weighted by molar-refractivity contribution is 5.68. The van der Waals surface area contributed by atoms with Crippen molar-refractivity contribution >= 4 is 0 Å². The molecule has 0 fully saturated rings. The van der Waals surface area contributed by atoms with E-state index in [0.717, 1.165) is 68.3 Å². The summed E-state index contributed by atoms with van der Waals surface area (Å²) in [5.74, 6) is 3.27. The van der Waals surface area contributed by atoms with Crippen molar-refractivity contribution in [3.05, 3.63) is 182 Å². The molecule has 0 aliphatic rings. The van der Waals surface area contributed by atoms with E-state index in [9.17, 15) is 0 Å². The summed E-state index contributed by atoms with van der Waals surface area (Å²) in [7, 11) is 0. The molecule has 4 heterocycles. The van der Waals surface area contributed by atoms with Crippen molar-refractivity contribution < 1.29 is 0 Å².